The largest absolute Gasteiger partial charge is 0.481 e. The van der Waals surface area contributed by atoms with E-state index in [0.717, 1.165) is 10.2 Å². The molecule has 1 aliphatic carbocycles. The highest BCUT2D eigenvalue weighted by Gasteiger charge is 2.29. The number of carboxylic acids is 1. The summed E-state index contributed by atoms with van der Waals surface area (Å²) in [5, 5.41) is 11.7. The van der Waals surface area contributed by atoms with Crippen LogP contribution >= 0.6 is 15.9 Å². The number of rotatable bonds is 3. The maximum atomic E-state index is 12.1. The number of aliphatic carboxylic acids is 1. The van der Waals surface area contributed by atoms with Gasteiger partial charge in [0, 0.05) is 10.4 Å². The number of carboxylic acid groups (broad SMARTS) is 1. The summed E-state index contributed by atoms with van der Waals surface area (Å²) in [7, 11) is 0. The minimum Gasteiger partial charge on any atom is -0.481 e. The lowest BCUT2D eigenvalue weighted by Gasteiger charge is -2.25. The van der Waals surface area contributed by atoms with Crippen LogP contribution in [0.4, 0.5) is 5.82 Å². The van der Waals surface area contributed by atoms with Crippen molar-refractivity contribution in [1.29, 1.82) is 0 Å². The van der Waals surface area contributed by atoms with Crippen LogP contribution in [0.2, 0.25) is 0 Å². The molecule has 2 N–H and O–H groups in total. The van der Waals surface area contributed by atoms with Gasteiger partial charge in [-0.25, -0.2) is 4.98 Å². The maximum Gasteiger partial charge on any atom is 0.306 e. The van der Waals surface area contributed by atoms with E-state index >= 15 is 0 Å². The highest BCUT2D eigenvalue weighted by Crippen LogP contribution is 2.29. The number of aryl methyl sites for hydroxylation is 1. The van der Waals surface area contributed by atoms with Gasteiger partial charge in [-0.1, -0.05) is 0 Å². The third-order valence-corrected chi connectivity index (χ3v) is 4.56. The summed E-state index contributed by atoms with van der Waals surface area (Å²) < 4.78 is 0.900. The molecule has 0 aliphatic heterocycles. The first-order valence-electron chi connectivity index (χ1n) is 6.64. The van der Waals surface area contributed by atoms with Gasteiger partial charge < -0.3 is 10.4 Å². The Morgan fingerprint density at radius 1 is 1.25 bits per heavy atom. The molecule has 1 aromatic heterocycles. The molecule has 0 atom stereocenters. The van der Waals surface area contributed by atoms with Gasteiger partial charge in [-0.05, 0) is 60.7 Å². The van der Waals surface area contributed by atoms with Crippen LogP contribution in [0.15, 0.2) is 16.6 Å². The van der Waals surface area contributed by atoms with Crippen LogP contribution in [-0.2, 0) is 9.59 Å². The number of hydrogen-bond acceptors (Lipinski definition) is 3. The average molecular weight is 341 g/mol. The van der Waals surface area contributed by atoms with Crippen molar-refractivity contribution in [3.05, 3.63) is 22.3 Å². The molecule has 0 radical (unpaired) electrons. The van der Waals surface area contributed by atoms with Crippen molar-refractivity contribution < 1.29 is 14.7 Å². The van der Waals surface area contributed by atoms with Gasteiger partial charge in [-0.2, -0.15) is 0 Å². The van der Waals surface area contributed by atoms with E-state index in [1.807, 2.05) is 13.0 Å². The second-order valence-electron chi connectivity index (χ2n) is 5.14. The third-order valence-electron chi connectivity index (χ3n) is 3.72. The number of carbonyl (C=O) groups is 2. The van der Waals surface area contributed by atoms with Crippen LogP contribution in [0.3, 0.4) is 0 Å². The molecule has 1 saturated carbocycles. The minimum absolute atomic E-state index is 0.0666. The fourth-order valence-corrected chi connectivity index (χ4v) is 2.67. The lowest BCUT2D eigenvalue weighted by Crippen LogP contribution is -2.29. The van der Waals surface area contributed by atoms with E-state index in [9.17, 15) is 9.59 Å². The second-order valence-corrected chi connectivity index (χ2v) is 5.99. The van der Waals surface area contributed by atoms with Crippen LogP contribution in [0, 0.1) is 18.8 Å². The van der Waals surface area contributed by atoms with Gasteiger partial charge in [0.2, 0.25) is 5.91 Å². The fraction of sp³-hybridized carbons (Fsp3) is 0.500. The van der Waals surface area contributed by atoms with Crippen LogP contribution in [0.1, 0.15) is 31.4 Å². The number of pyridine rings is 1. The van der Waals surface area contributed by atoms with Gasteiger partial charge in [-0.3, -0.25) is 9.59 Å². The maximum absolute atomic E-state index is 12.1. The molecule has 1 aromatic rings. The number of nitrogens with zero attached hydrogens (tertiary/aromatic N) is 1. The number of halogens is 1. The van der Waals surface area contributed by atoms with Gasteiger partial charge in [0.1, 0.15) is 5.82 Å². The predicted molar refractivity (Wildman–Crippen MR) is 78.4 cm³/mol. The minimum atomic E-state index is -0.756. The predicted octanol–water partition coefficient (Wildman–Crippen LogP) is 2.98. The zero-order chi connectivity index (χ0) is 14.7. The van der Waals surface area contributed by atoms with Crippen LogP contribution in [0.5, 0.6) is 0 Å². The summed E-state index contributed by atoms with van der Waals surface area (Å²) in [6, 6.07) is 3.59. The fourth-order valence-electron chi connectivity index (χ4n) is 2.44. The molecule has 20 heavy (non-hydrogen) atoms. The number of carbonyl (C=O) groups excluding carboxylic acids is 1. The molecule has 1 amide bonds. The topological polar surface area (TPSA) is 79.3 Å². The first-order valence-corrected chi connectivity index (χ1v) is 7.43. The van der Waals surface area contributed by atoms with Gasteiger partial charge in [0.25, 0.3) is 0 Å². The Balaban J connectivity index is 1.92. The molecular formula is C14H17BrN2O3. The summed E-state index contributed by atoms with van der Waals surface area (Å²) in [5.41, 5.74) is 0.817. The van der Waals surface area contributed by atoms with Crippen LogP contribution in [-0.4, -0.2) is 22.0 Å². The summed E-state index contributed by atoms with van der Waals surface area (Å²) in [5.74, 6) is -0.698. The molecule has 1 aliphatic rings. The van der Waals surface area contributed by atoms with Crippen molar-refractivity contribution in [3.8, 4) is 0 Å². The quantitative estimate of drug-likeness (QED) is 0.886. The number of anilines is 1. The number of aromatic nitrogens is 1. The van der Waals surface area contributed by atoms with Gasteiger partial charge >= 0.3 is 5.97 Å². The molecule has 0 bridgehead atoms. The van der Waals surface area contributed by atoms with Crippen molar-refractivity contribution in [2.75, 3.05) is 5.32 Å². The zero-order valence-corrected chi connectivity index (χ0v) is 12.8. The van der Waals surface area contributed by atoms with Crippen molar-refractivity contribution >= 4 is 33.6 Å². The Morgan fingerprint density at radius 3 is 2.40 bits per heavy atom. The average Bonchev–Trinajstić information content (AvgIpc) is 2.43. The molecule has 0 aromatic carbocycles. The zero-order valence-electron chi connectivity index (χ0n) is 11.2. The van der Waals surface area contributed by atoms with Crippen molar-refractivity contribution in [2.24, 2.45) is 11.8 Å². The summed E-state index contributed by atoms with van der Waals surface area (Å²) >= 11 is 3.36. The van der Waals surface area contributed by atoms with Gasteiger partial charge in [0.05, 0.1) is 11.6 Å². The molecule has 6 heteroatoms. The van der Waals surface area contributed by atoms with E-state index in [0.29, 0.717) is 31.5 Å². The SMILES string of the molecule is Cc1nc(NC(=O)C2CCC(C(=O)O)CC2)ccc1Br. The van der Waals surface area contributed by atoms with Crippen molar-refractivity contribution in [3.63, 3.8) is 0 Å². The number of hydrogen-bond donors (Lipinski definition) is 2. The Hall–Kier alpha value is -1.43. The van der Waals surface area contributed by atoms with E-state index in [1.54, 1.807) is 6.07 Å². The molecule has 5 nitrogen and oxygen atoms in total. The molecule has 0 saturated heterocycles. The van der Waals surface area contributed by atoms with E-state index < -0.39 is 5.97 Å². The third kappa shape index (κ3) is 3.56. The Bertz CT molecular complexity index is 525. The lowest BCUT2D eigenvalue weighted by atomic mass is 9.81. The van der Waals surface area contributed by atoms with Crippen molar-refractivity contribution in [2.45, 2.75) is 32.6 Å². The Morgan fingerprint density at radius 2 is 1.85 bits per heavy atom. The molecule has 0 spiro atoms. The van der Waals surface area contributed by atoms with Crippen LogP contribution in [0.25, 0.3) is 0 Å². The first kappa shape index (κ1) is 15.0. The van der Waals surface area contributed by atoms with E-state index in [-0.39, 0.29) is 17.7 Å². The summed E-state index contributed by atoms with van der Waals surface area (Å²) in [4.78, 5) is 27.3. The summed E-state index contributed by atoms with van der Waals surface area (Å²) in [6.07, 6.45) is 2.39. The first-order chi connectivity index (χ1) is 9.47. The smallest absolute Gasteiger partial charge is 0.306 e. The lowest BCUT2D eigenvalue weighted by molar-refractivity contribution is -0.143. The van der Waals surface area contributed by atoms with Gasteiger partial charge in [0.15, 0.2) is 0 Å². The standard InChI is InChI=1S/C14H17BrN2O3/c1-8-11(15)6-7-12(16-8)17-13(18)9-2-4-10(5-3-9)14(19)20/h6-7,9-10H,2-5H2,1H3,(H,19,20)(H,16,17,18). The second kappa shape index (κ2) is 6.35. The molecule has 1 heterocycles. The monoisotopic (exact) mass is 340 g/mol. The molecule has 108 valence electrons. The number of nitrogens with one attached hydrogen (secondary N) is 1. The van der Waals surface area contributed by atoms with Crippen molar-refractivity contribution in [1.82, 2.24) is 4.98 Å². The Kier molecular flexibility index (Phi) is 4.75. The molecular weight excluding hydrogens is 324 g/mol. The Labute approximate surface area is 125 Å². The molecule has 0 unspecified atom stereocenters. The van der Waals surface area contributed by atoms with E-state index in [4.69, 9.17) is 5.11 Å². The highest BCUT2D eigenvalue weighted by molar-refractivity contribution is 9.10. The van der Waals surface area contributed by atoms with E-state index in [1.165, 1.54) is 0 Å². The summed E-state index contributed by atoms with van der Waals surface area (Å²) in [6.45, 7) is 1.86. The van der Waals surface area contributed by atoms with Crippen LogP contribution < -0.4 is 5.32 Å². The molecule has 2 rings (SSSR count). The number of amides is 1. The molecule has 1 fully saturated rings. The van der Waals surface area contributed by atoms with E-state index in [2.05, 4.69) is 26.2 Å². The van der Waals surface area contributed by atoms with Gasteiger partial charge in [-0.15, -0.1) is 0 Å². The highest BCUT2D eigenvalue weighted by atomic mass is 79.9. The normalized spacial score (nSPS) is 22.3.